The van der Waals surface area contributed by atoms with Crippen molar-refractivity contribution in [3.05, 3.63) is 112 Å². The Balaban J connectivity index is 1.61. The van der Waals surface area contributed by atoms with E-state index in [-0.39, 0.29) is 23.9 Å². The van der Waals surface area contributed by atoms with Gasteiger partial charge in [-0.2, -0.15) is 0 Å². The number of Topliss-reactive ketones (excluding diaryl/α,β-unsaturated/α-hetero) is 1. The molecule has 0 aliphatic carbocycles. The molecular formula is C26H22N2O4. The highest BCUT2D eigenvalue weighted by Gasteiger charge is 2.18. The van der Waals surface area contributed by atoms with Crippen molar-refractivity contribution in [2.45, 2.75) is 12.5 Å². The normalized spacial score (nSPS) is 11.7. The van der Waals surface area contributed by atoms with Gasteiger partial charge in [0.2, 0.25) is 0 Å². The molecular weight excluding hydrogens is 404 g/mol. The Morgan fingerprint density at radius 3 is 2.28 bits per heavy atom. The summed E-state index contributed by atoms with van der Waals surface area (Å²) < 4.78 is 5.24. The van der Waals surface area contributed by atoms with Crippen molar-refractivity contribution in [1.82, 2.24) is 0 Å². The van der Waals surface area contributed by atoms with E-state index in [0.29, 0.717) is 11.3 Å². The van der Waals surface area contributed by atoms with Crippen LogP contribution in [0.3, 0.4) is 0 Å². The van der Waals surface area contributed by atoms with Gasteiger partial charge >= 0.3 is 0 Å². The van der Waals surface area contributed by atoms with E-state index in [1.54, 1.807) is 19.2 Å². The maximum Gasteiger partial charge on any atom is 0.269 e. The van der Waals surface area contributed by atoms with Crippen LogP contribution in [0.4, 0.5) is 11.4 Å². The predicted octanol–water partition coefficient (Wildman–Crippen LogP) is 6.18. The van der Waals surface area contributed by atoms with Gasteiger partial charge in [0.15, 0.2) is 5.78 Å². The highest BCUT2D eigenvalue weighted by atomic mass is 16.6. The summed E-state index contributed by atoms with van der Waals surface area (Å²) >= 11 is 0. The van der Waals surface area contributed by atoms with Gasteiger partial charge < -0.3 is 10.1 Å². The molecule has 1 N–H and O–H groups in total. The number of ether oxygens (including phenoxy) is 1. The number of nitrogens with one attached hydrogen (secondary N) is 1. The Labute approximate surface area is 185 Å². The first-order valence-electron chi connectivity index (χ1n) is 10.2. The van der Waals surface area contributed by atoms with E-state index < -0.39 is 4.92 Å². The lowest BCUT2D eigenvalue weighted by Gasteiger charge is -2.20. The van der Waals surface area contributed by atoms with Gasteiger partial charge in [-0.15, -0.1) is 0 Å². The van der Waals surface area contributed by atoms with Crippen LogP contribution in [0.5, 0.6) is 5.75 Å². The number of nitro groups is 1. The summed E-state index contributed by atoms with van der Waals surface area (Å²) in [6.45, 7) is 0. The van der Waals surface area contributed by atoms with Gasteiger partial charge in [-0.25, -0.2) is 0 Å². The number of anilines is 1. The van der Waals surface area contributed by atoms with Crippen LogP contribution in [0.2, 0.25) is 0 Å². The quantitative estimate of drug-likeness (QED) is 0.207. The van der Waals surface area contributed by atoms with Crippen LogP contribution in [-0.2, 0) is 0 Å². The number of ketones is 1. The molecule has 0 fully saturated rings. The number of carbonyl (C=O) groups excluding carboxylic acids is 1. The fourth-order valence-corrected chi connectivity index (χ4v) is 3.64. The third-order valence-corrected chi connectivity index (χ3v) is 5.40. The summed E-state index contributed by atoms with van der Waals surface area (Å²) in [5.74, 6) is 0.731. The fourth-order valence-electron chi connectivity index (χ4n) is 3.64. The largest absolute Gasteiger partial charge is 0.497 e. The maximum atomic E-state index is 13.2. The standard InChI is InChI=1S/C26H22N2O4/c1-32-24-14-8-19(9-15-24)25(27-22-10-12-23(13-11-22)28(30)31)17-26(29)21-7-6-18-4-2-3-5-20(18)16-21/h2-16,25,27H,17H2,1H3. The van der Waals surface area contributed by atoms with Crippen LogP contribution in [-0.4, -0.2) is 17.8 Å². The molecule has 0 heterocycles. The zero-order chi connectivity index (χ0) is 22.5. The van der Waals surface area contributed by atoms with Crippen molar-refractivity contribution in [1.29, 1.82) is 0 Å². The number of nitro benzene ring substituents is 1. The Kier molecular flexibility index (Phi) is 6.12. The van der Waals surface area contributed by atoms with Gasteiger partial charge in [0, 0.05) is 29.8 Å². The second-order valence-corrected chi connectivity index (χ2v) is 7.46. The van der Waals surface area contributed by atoms with E-state index in [2.05, 4.69) is 5.32 Å². The molecule has 0 aromatic heterocycles. The smallest absolute Gasteiger partial charge is 0.269 e. The molecule has 0 bridgehead atoms. The van der Waals surface area contributed by atoms with Crippen molar-refractivity contribution >= 4 is 27.9 Å². The highest BCUT2D eigenvalue weighted by Crippen LogP contribution is 2.28. The topological polar surface area (TPSA) is 81.5 Å². The molecule has 6 nitrogen and oxygen atoms in total. The zero-order valence-corrected chi connectivity index (χ0v) is 17.5. The number of hydrogen-bond donors (Lipinski definition) is 1. The van der Waals surface area contributed by atoms with Crippen LogP contribution in [0, 0.1) is 10.1 Å². The Hall–Kier alpha value is -4.19. The number of hydrogen-bond acceptors (Lipinski definition) is 5. The molecule has 0 radical (unpaired) electrons. The first-order chi connectivity index (χ1) is 15.5. The molecule has 6 heteroatoms. The number of methoxy groups -OCH3 is 1. The third kappa shape index (κ3) is 4.75. The number of nitrogens with zero attached hydrogens (tertiary/aromatic N) is 1. The summed E-state index contributed by atoms with van der Waals surface area (Å²) in [5, 5.41) is 16.4. The Morgan fingerprint density at radius 1 is 0.938 bits per heavy atom. The number of fused-ring (bicyclic) bond motifs is 1. The monoisotopic (exact) mass is 426 g/mol. The van der Waals surface area contributed by atoms with Gasteiger partial charge in [-0.1, -0.05) is 48.5 Å². The second kappa shape index (κ2) is 9.31. The molecule has 0 aliphatic rings. The van der Waals surface area contributed by atoms with Gasteiger partial charge in [0.05, 0.1) is 18.1 Å². The summed E-state index contributed by atoms with van der Waals surface area (Å²) in [5.41, 5.74) is 2.28. The average molecular weight is 426 g/mol. The Morgan fingerprint density at radius 2 is 1.62 bits per heavy atom. The fraction of sp³-hybridized carbons (Fsp3) is 0.115. The SMILES string of the molecule is COc1ccc(C(CC(=O)c2ccc3ccccc3c2)Nc2ccc([N+](=O)[O-])cc2)cc1. The summed E-state index contributed by atoms with van der Waals surface area (Å²) in [6.07, 6.45) is 0.224. The minimum atomic E-state index is -0.437. The van der Waals surface area contributed by atoms with Gasteiger partial charge in [0.1, 0.15) is 5.75 Å². The molecule has 0 saturated heterocycles. The molecule has 4 aromatic carbocycles. The molecule has 160 valence electrons. The molecule has 0 saturated carbocycles. The van der Waals surface area contributed by atoms with E-state index >= 15 is 0 Å². The van der Waals surface area contributed by atoms with Gasteiger partial charge in [-0.3, -0.25) is 14.9 Å². The number of non-ortho nitro benzene ring substituents is 1. The molecule has 0 spiro atoms. The van der Waals surface area contributed by atoms with Crippen molar-refractivity contribution in [2.75, 3.05) is 12.4 Å². The van der Waals surface area contributed by atoms with E-state index in [1.165, 1.54) is 12.1 Å². The van der Waals surface area contributed by atoms with E-state index in [1.807, 2.05) is 66.7 Å². The number of benzene rings is 4. The van der Waals surface area contributed by atoms with E-state index in [0.717, 1.165) is 22.1 Å². The van der Waals surface area contributed by atoms with Gasteiger partial charge in [-0.05, 0) is 46.7 Å². The lowest BCUT2D eigenvalue weighted by Crippen LogP contribution is -2.16. The highest BCUT2D eigenvalue weighted by molar-refractivity contribution is 6.00. The molecule has 4 rings (SSSR count). The maximum absolute atomic E-state index is 13.2. The molecule has 0 amide bonds. The van der Waals surface area contributed by atoms with Crippen molar-refractivity contribution < 1.29 is 14.5 Å². The first kappa shape index (κ1) is 21.1. The summed E-state index contributed by atoms with van der Waals surface area (Å²) in [7, 11) is 1.60. The number of rotatable bonds is 8. The molecule has 4 aromatic rings. The molecule has 1 atom stereocenters. The van der Waals surface area contributed by atoms with E-state index in [4.69, 9.17) is 4.74 Å². The average Bonchev–Trinajstić information content (AvgIpc) is 2.83. The third-order valence-electron chi connectivity index (χ3n) is 5.40. The van der Waals surface area contributed by atoms with Crippen LogP contribution >= 0.6 is 0 Å². The zero-order valence-electron chi connectivity index (χ0n) is 17.5. The summed E-state index contributed by atoms with van der Waals surface area (Å²) in [6, 6.07) is 27.0. The van der Waals surface area contributed by atoms with Crippen LogP contribution in [0.25, 0.3) is 10.8 Å². The Bertz CT molecular complexity index is 1250. The predicted molar refractivity (Wildman–Crippen MR) is 125 cm³/mol. The molecule has 32 heavy (non-hydrogen) atoms. The summed E-state index contributed by atoms with van der Waals surface area (Å²) in [4.78, 5) is 23.7. The van der Waals surface area contributed by atoms with Crippen LogP contribution < -0.4 is 10.1 Å². The van der Waals surface area contributed by atoms with Gasteiger partial charge in [0.25, 0.3) is 5.69 Å². The number of carbonyl (C=O) groups is 1. The minimum Gasteiger partial charge on any atom is -0.497 e. The van der Waals surface area contributed by atoms with Crippen molar-refractivity contribution in [2.24, 2.45) is 0 Å². The lowest BCUT2D eigenvalue weighted by molar-refractivity contribution is -0.384. The molecule has 0 aliphatic heterocycles. The first-order valence-corrected chi connectivity index (χ1v) is 10.2. The lowest BCUT2D eigenvalue weighted by atomic mass is 9.96. The van der Waals surface area contributed by atoms with Crippen LogP contribution in [0.15, 0.2) is 91.0 Å². The molecule has 1 unspecified atom stereocenters. The minimum absolute atomic E-state index is 0.00554. The second-order valence-electron chi connectivity index (χ2n) is 7.46. The van der Waals surface area contributed by atoms with E-state index in [9.17, 15) is 14.9 Å². The van der Waals surface area contributed by atoms with Crippen LogP contribution in [0.1, 0.15) is 28.4 Å². The van der Waals surface area contributed by atoms with Crippen molar-refractivity contribution in [3.63, 3.8) is 0 Å². The van der Waals surface area contributed by atoms with Crippen molar-refractivity contribution in [3.8, 4) is 5.75 Å².